The van der Waals surface area contributed by atoms with Crippen molar-refractivity contribution >= 4 is 29.2 Å². The van der Waals surface area contributed by atoms with Crippen molar-refractivity contribution in [3.05, 3.63) is 53.1 Å². The number of ether oxygens (including phenoxy) is 1. The Kier molecular flexibility index (Phi) is 5.71. The molecule has 35 heavy (non-hydrogen) atoms. The van der Waals surface area contributed by atoms with Gasteiger partial charge >= 0.3 is 12.2 Å². The molecule has 0 atom stereocenters. The molecule has 4 rings (SSSR count). The molecular formula is C24H21F3N4O4. The fraction of sp³-hybridized carbons (Fsp3) is 0.333. The van der Waals surface area contributed by atoms with Crippen molar-refractivity contribution in [3.8, 4) is 11.8 Å². The van der Waals surface area contributed by atoms with Crippen molar-refractivity contribution in [2.24, 2.45) is 0 Å². The van der Waals surface area contributed by atoms with E-state index in [0.29, 0.717) is 29.6 Å². The van der Waals surface area contributed by atoms with Crippen LogP contribution in [0, 0.1) is 11.3 Å². The molecule has 0 spiro atoms. The van der Waals surface area contributed by atoms with E-state index in [0.717, 1.165) is 17.0 Å². The van der Waals surface area contributed by atoms with Crippen LogP contribution in [0.15, 0.2) is 36.4 Å². The van der Waals surface area contributed by atoms with Gasteiger partial charge in [-0.2, -0.15) is 18.4 Å². The second kappa shape index (κ2) is 8.30. The Labute approximate surface area is 199 Å². The van der Waals surface area contributed by atoms with Crippen LogP contribution < -0.4 is 14.5 Å². The normalized spacial score (nSPS) is 17.7. The number of alkyl halides is 3. The number of halogens is 3. The number of hydrogen-bond acceptors (Lipinski definition) is 5. The summed E-state index contributed by atoms with van der Waals surface area (Å²) in [6.07, 6.45) is -4.85. The van der Waals surface area contributed by atoms with Crippen molar-refractivity contribution in [1.82, 2.24) is 4.90 Å². The first-order valence-corrected chi connectivity index (χ1v) is 10.8. The van der Waals surface area contributed by atoms with Gasteiger partial charge in [0, 0.05) is 12.6 Å². The number of urea groups is 1. The third kappa shape index (κ3) is 3.84. The second-order valence-corrected chi connectivity index (χ2v) is 8.57. The molecule has 4 amide bonds. The molecular weight excluding hydrogens is 465 g/mol. The van der Waals surface area contributed by atoms with Gasteiger partial charge in [-0.05, 0) is 51.1 Å². The molecule has 2 aromatic rings. The maximum absolute atomic E-state index is 13.5. The van der Waals surface area contributed by atoms with Crippen LogP contribution in [0.25, 0.3) is 0 Å². The zero-order valence-electron chi connectivity index (χ0n) is 19.1. The highest BCUT2D eigenvalue weighted by Gasteiger charge is 2.53. The van der Waals surface area contributed by atoms with E-state index in [4.69, 9.17) is 10.00 Å². The van der Waals surface area contributed by atoms with Gasteiger partial charge in [0.25, 0.3) is 11.8 Å². The zero-order chi connectivity index (χ0) is 25.7. The van der Waals surface area contributed by atoms with Crippen LogP contribution in [0.3, 0.4) is 0 Å². The number of nitriles is 1. The van der Waals surface area contributed by atoms with Gasteiger partial charge in [0.05, 0.1) is 40.7 Å². The van der Waals surface area contributed by atoms with Crippen LogP contribution >= 0.6 is 0 Å². The van der Waals surface area contributed by atoms with E-state index in [1.54, 1.807) is 4.90 Å². The highest BCUT2D eigenvalue weighted by molar-refractivity contribution is 6.30. The molecule has 1 saturated heterocycles. The first-order valence-electron chi connectivity index (χ1n) is 10.8. The smallest absolute Gasteiger partial charge is 0.417 e. The highest BCUT2D eigenvalue weighted by Crippen LogP contribution is 2.40. The standard InChI is InChI=1S/C24H21F3N4O4/c1-4-29-9-10-35-19-12-16(7-8-17(19)20(29)32)31-22(34)30(21(33)23(31,2)3)15-6-5-14(13-28)18(11-15)24(25,26)27/h5-8,11-12H,4,9-10H2,1-3H3. The molecule has 182 valence electrons. The summed E-state index contributed by atoms with van der Waals surface area (Å²) >= 11 is 0. The summed E-state index contributed by atoms with van der Waals surface area (Å²) in [7, 11) is 0. The summed E-state index contributed by atoms with van der Waals surface area (Å²) in [5.74, 6) is -0.728. The van der Waals surface area contributed by atoms with Gasteiger partial charge in [-0.15, -0.1) is 0 Å². The summed E-state index contributed by atoms with van der Waals surface area (Å²) in [5, 5.41) is 9.04. The Hall–Kier alpha value is -4.07. The summed E-state index contributed by atoms with van der Waals surface area (Å²) < 4.78 is 46.1. The van der Waals surface area contributed by atoms with E-state index in [1.165, 1.54) is 38.1 Å². The van der Waals surface area contributed by atoms with Gasteiger partial charge in [-0.25, -0.2) is 9.69 Å². The lowest BCUT2D eigenvalue weighted by Crippen LogP contribution is -2.44. The molecule has 2 aliphatic rings. The lowest BCUT2D eigenvalue weighted by atomic mass is 10.0. The van der Waals surface area contributed by atoms with Gasteiger partial charge in [-0.1, -0.05) is 0 Å². The van der Waals surface area contributed by atoms with E-state index in [2.05, 4.69) is 0 Å². The van der Waals surface area contributed by atoms with E-state index in [-0.39, 0.29) is 29.6 Å². The molecule has 8 nitrogen and oxygen atoms in total. The Balaban J connectivity index is 1.77. The number of rotatable bonds is 3. The van der Waals surface area contributed by atoms with Crippen LogP contribution in [-0.4, -0.2) is 48.0 Å². The first-order chi connectivity index (χ1) is 16.4. The van der Waals surface area contributed by atoms with Crippen LogP contribution in [0.1, 0.15) is 42.3 Å². The third-order valence-electron chi connectivity index (χ3n) is 6.10. The zero-order valence-corrected chi connectivity index (χ0v) is 19.1. The summed E-state index contributed by atoms with van der Waals surface area (Å²) in [5.41, 5.74) is -3.07. The maximum Gasteiger partial charge on any atom is 0.417 e. The largest absolute Gasteiger partial charge is 0.491 e. The number of imide groups is 1. The predicted octanol–water partition coefficient (Wildman–Crippen LogP) is 4.18. The number of anilines is 2. The number of likely N-dealkylation sites (N-methyl/N-ethyl adjacent to an activating group) is 1. The molecule has 0 N–H and O–H groups in total. The van der Waals surface area contributed by atoms with Gasteiger partial charge in [0.1, 0.15) is 17.9 Å². The van der Waals surface area contributed by atoms with Crippen molar-refractivity contribution in [2.45, 2.75) is 32.5 Å². The van der Waals surface area contributed by atoms with Gasteiger partial charge < -0.3 is 9.64 Å². The minimum Gasteiger partial charge on any atom is -0.491 e. The van der Waals surface area contributed by atoms with Crippen LogP contribution in [0.5, 0.6) is 5.75 Å². The molecule has 0 aromatic heterocycles. The SMILES string of the molecule is CCN1CCOc2cc(N3C(=O)N(c4ccc(C#N)c(C(F)(F)F)c4)C(=O)C3(C)C)ccc2C1=O. The number of amides is 4. The highest BCUT2D eigenvalue weighted by atomic mass is 19.4. The molecule has 2 heterocycles. The molecule has 2 aliphatic heterocycles. The number of nitrogens with zero attached hydrogens (tertiary/aromatic N) is 4. The minimum absolute atomic E-state index is 0.228. The van der Waals surface area contributed by atoms with E-state index in [9.17, 15) is 27.6 Å². The number of carbonyl (C=O) groups excluding carboxylic acids is 3. The fourth-order valence-corrected chi connectivity index (χ4v) is 4.25. The average Bonchev–Trinajstić information content (AvgIpc) is 2.90. The van der Waals surface area contributed by atoms with Crippen molar-refractivity contribution in [1.29, 1.82) is 5.26 Å². The molecule has 11 heteroatoms. The fourth-order valence-electron chi connectivity index (χ4n) is 4.25. The van der Waals surface area contributed by atoms with Gasteiger partial charge in [0.15, 0.2) is 0 Å². The summed E-state index contributed by atoms with van der Waals surface area (Å²) in [6, 6.07) is 7.75. The molecule has 0 radical (unpaired) electrons. The topological polar surface area (TPSA) is 93.9 Å². The molecule has 0 bridgehead atoms. The minimum atomic E-state index is -4.85. The second-order valence-electron chi connectivity index (χ2n) is 8.57. The molecule has 1 fully saturated rings. The van der Waals surface area contributed by atoms with Crippen molar-refractivity contribution in [3.63, 3.8) is 0 Å². The van der Waals surface area contributed by atoms with E-state index < -0.39 is 34.8 Å². The Bertz CT molecular complexity index is 1280. The quantitative estimate of drug-likeness (QED) is 0.607. The Morgan fingerprint density at radius 1 is 1.09 bits per heavy atom. The van der Waals surface area contributed by atoms with Gasteiger partial charge in [-0.3, -0.25) is 14.5 Å². The van der Waals surface area contributed by atoms with Crippen LogP contribution in [0.4, 0.5) is 29.3 Å². The monoisotopic (exact) mass is 486 g/mol. The van der Waals surface area contributed by atoms with Crippen molar-refractivity contribution in [2.75, 3.05) is 29.5 Å². The number of hydrogen-bond donors (Lipinski definition) is 0. The molecule has 0 saturated carbocycles. The number of fused-ring (bicyclic) bond motifs is 1. The summed E-state index contributed by atoms with van der Waals surface area (Å²) in [4.78, 5) is 42.8. The van der Waals surface area contributed by atoms with Crippen LogP contribution in [0.2, 0.25) is 0 Å². The molecule has 0 aliphatic carbocycles. The Morgan fingerprint density at radius 2 is 1.77 bits per heavy atom. The predicted molar refractivity (Wildman–Crippen MR) is 119 cm³/mol. The van der Waals surface area contributed by atoms with Crippen LogP contribution in [-0.2, 0) is 11.0 Å². The summed E-state index contributed by atoms with van der Waals surface area (Å²) in [6.45, 7) is 5.91. The maximum atomic E-state index is 13.5. The average molecular weight is 486 g/mol. The molecule has 0 unspecified atom stereocenters. The Morgan fingerprint density at radius 3 is 2.40 bits per heavy atom. The number of carbonyl (C=O) groups is 3. The number of benzene rings is 2. The molecule has 2 aromatic carbocycles. The van der Waals surface area contributed by atoms with E-state index in [1.807, 2.05) is 6.92 Å². The lowest BCUT2D eigenvalue weighted by Gasteiger charge is -2.28. The van der Waals surface area contributed by atoms with Crippen molar-refractivity contribution < 1.29 is 32.3 Å². The van der Waals surface area contributed by atoms with E-state index >= 15 is 0 Å². The first kappa shape index (κ1) is 24.1. The van der Waals surface area contributed by atoms with Gasteiger partial charge in [0.2, 0.25) is 0 Å². The lowest BCUT2D eigenvalue weighted by molar-refractivity contribution is -0.137. The third-order valence-corrected chi connectivity index (χ3v) is 6.10.